The molecule has 50 valence electrons. The molecule has 0 spiro atoms. The summed E-state index contributed by atoms with van der Waals surface area (Å²) in [7, 11) is 0. The summed E-state index contributed by atoms with van der Waals surface area (Å²) in [6.07, 6.45) is -0.436. The summed E-state index contributed by atoms with van der Waals surface area (Å²) >= 11 is 0. The van der Waals surface area contributed by atoms with Crippen LogP contribution in [0.15, 0.2) is 23.3 Å². The molecule has 0 unspecified atom stereocenters. The number of hydrogen-bond acceptors (Lipinski definition) is 2. The standard InChI is InChI=1S/C6H5N3O/c10-6-4-1-2-7-5(4)8-3-9-6/h1-3H,(H2,7,8,9,10)/i1D,2D,3D. The van der Waals surface area contributed by atoms with Gasteiger partial charge in [-0.2, -0.15) is 4.98 Å². The average Bonchev–Trinajstić information content (AvgIpc) is 2.27. The van der Waals surface area contributed by atoms with Crippen molar-refractivity contribution < 1.29 is 4.11 Å². The van der Waals surface area contributed by atoms with Crippen molar-refractivity contribution in [3.63, 3.8) is 0 Å². The predicted molar refractivity (Wildman–Crippen MR) is 36.7 cm³/mol. The van der Waals surface area contributed by atoms with Crippen LogP contribution in [-0.4, -0.2) is 15.0 Å². The molecule has 2 aromatic rings. The molecule has 10 heavy (non-hydrogen) atoms. The molecule has 0 aliphatic rings. The fraction of sp³-hybridized carbons (Fsp3) is 0. The van der Waals surface area contributed by atoms with E-state index in [-0.39, 0.29) is 29.6 Å². The van der Waals surface area contributed by atoms with Gasteiger partial charge in [-0.3, -0.25) is 4.79 Å². The van der Waals surface area contributed by atoms with Gasteiger partial charge in [0, 0.05) is 6.17 Å². The zero-order valence-corrected chi connectivity index (χ0v) is 4.86. The van der Waals surface area contributed by atoms with Crippen LogP contribution in [0.2, 0.25) is 0 Å². The highest BCUT2D eigenvalue weighted by Crippen LogP contribution is 1.99. The second-order valence-corrected chi connectivity index (χ2v) is 1.78. The lowest BCUT2D eigenvalue weighted by atomic mass is 10.4. The van der Waals surface area contributed by atoms with Crippen molar-refractivity contribution in [1.82, 2.24) is 15.0 Å². The Labute approximate surface area is 60.1 Å². The molecule has 0 fully saturated rings. The van der Waals surface area contributed by atoms with E-state index in [4.69, 9.17) is 4.11 Å². The quantitative estimate of drug-likeness (QED) is 0.548. The van der Waals surface area contributed by atoms with E-state index in [1.54, 1.807) is 0 Å². The molecule has 0 radical (unpaired) electrons. The minimum atomic E-state index is -0.654. The van der Waals surface area contributed by atoms with Crippen molar-refractivity contribution in [1.29, 1.82) is 0 Å². The predicted octanol–water partition coefficient (Wildman–Crippen LogP) is 0.251. The van der Waals surface area contributed by atoms with Gasteiger partial charge in [-0.1, -0.05) is 0 Å². The molecule has 0 atom stereocenters. The van der Waals surface area contributed by atoms with Crippen LogP contribution in [0.1, 0.15) is 4.11 Å². The summed E-state index contributed by atoms with van der Waals surface area (Å²) in [5.74, 6) is 0. The van der Waals surface area contributed by atoms with Crippen LogP contribution in [0.5, 0.6) is 0 Å². The number of fused-ring (bicyclic) bond motifs is 1. The summed E-state index contributed by atoms with van der Waals surface area (Å²) in [5, 5.41) is 0.0287. The second kappa shape index (κ2) is 1.70. The number of aromatic nitrogens is 3. The maximum absolute atomic E-state index is 11.2. The molecular formula is C6H5N3O. The van der Waals surface area contributed by atoms with Crippen molar-refractivity contribution in [3.05, 3.63) is 28.9 Å². The van der Waals surface area contributed by atoms with Crippen LogP contribution < -0.4 is 5.56 Å². The molecule has 4 heteroatoms. The van der Waals surface area contributed by atoms with Crippen LogP contribution in [0.3, 0.4) is 0 Å². The van der Waals surface area contributed by atoms with Gasteiger partial charge in [-0.05, 0) is 6.04 Å². The highest BCUT2D eigenvalue weighted by Gasteiger charge is 1.95. The Morgan fingerprint density at radius 3 is 3.40 bits per heavy atom. The van der Waals surface area contributed by atoms with Crippen molar-refractivity contribution in [2.24, 2.45) is 0 Å². The van der Waals surface area contributed by atoms with E-state index in [1.807, 2.05) is 0 Å². The highest BCUT2D eigenvalue weighted by atomic mass is 16.1. The smallest absolute Gasteiger partial charge is 0.282 e. The number of aromatic amines is 2. The number of hydrogen-bond donors (Lipinski definition) is 2. The fourth-order valence-corrected chi connectivity index (χ4v) is 0.726. The van der Waals surface area contributed by atoms with Gasteiger partial charge in [0.2, 0.25) is 0 Å². The van der Waals surface area contributed by atoms with Gasteiger partial charge in [0.15, 0.2) is 0 Å². The van der Waals surface area contributed by atoms with Crippen LogP contribution in [0.25, 0.3) is 11.0 Å². The van der Waals surface area contributed by atoms with E-state index in [2.05, 4.69) is 15.0 Å². The molecule has 0 aliphatic carbocycles. The molecule has 2 heterocycles. The first-order valence-corrected chi connectivity index (χ1v) is 2.65. The first-order valence-electron chi connectivity index (χ1n) is 4.15. The summed E-state index contributed by atoms with van der Waals surface area (Å²) in [4.78, 5) is 19.4. The molecule has 0 saturated heterocycles. The Morgan fingerprint density at radius 1 is 1.60 bits per heavy atom. The molecule has 4 nitrogen and oxygen atoms in total. The number of rotatable bonds is 0. The van der Waals surface area contributed by atoms with Gasteiger partial charge in [-0.25, -0.2) is 0 Å². The Hall–Kier alpha value is -1.58. The lowest BCUT2D eigenvalue weighted by Gasteiger charge is -1.83. The lowest BCUT2D eigenvalue weighted by molar-refractivity contribution is 1.16. The van der Waals surface area contributed by atoms with Crippen LogP contribution in [0, 0.1) is 0 Å². The SMILES string of the molecule is [2H]c1nc(=O)c2c([2H])c([2H])[nH]c2[nH]1. The van der Waals surface area contributed by atoms with Crippen molar-refractivity contribution >= 4 is 11.0 Å². The third kappa shape index (κ3) is 0.556. The monoisotopic (exact) mass is 138 g/mol. The Morgan fingerprint density at radius 2 is 2.50 bits per heavy atom. The molecule has 0 amide bonds. The summed E-state index contributed by atoms with van der Waals surface area (Å²) in [6.45, 7) is 0. The summed E-state index contributed by atoms with van der Waals surface area (Å²) in [5.41, 5.74) is -0.446. The maximum atomic E-state index is 11.2. The van der Waals surface area contributed by atoms with Crippen molar-refractivity contribution in [2.45, 2.75) is 0 Å². The minimum absolute atomic E-state index is 0.0287. The van der Waals surface area contributed by atoms with E-state index in [1.165, 1.54) is 0 Å². The highest BCUT2D eigenvalue weighted by molar-refractivity contribution is 5.73. The molecule has 0 saturated carbocycles. The van der Waals surface area contributed by atoms with Crippen molar-refractivity contribution in [2.75, 3.05) is 0 Å². The van der Waals surface area contributed by atoms with E-state index in [9.17, 15) is 4.79 Å². The summed E-state index contributed by atoms with van der Waals surface area (Å²) in [6, 6.07) is -0.191. The molecular weight excluding hydrogens is 130 g/mol. The molecule has 0 bridgehead atoms. The Kier molecular flexibility index (Phi) is 0.510. The number of nitrogens with zero attached hydrogens (tertiary/aromatic N) is 1. The third-order valence-electron chi connectivity index (χ3n) is 1.18. The number of H-pyrrole nitrogens is 2. The molecule has 2 N–H and O–H groups in total. The molecule has 2 rings (SSSR count). The lowest BCUT2D eigenvalue weighted by Crippen LogP contribution is -2.04. The Bertz CT molecular complexity index is 530. The van der Waals surface area contributed by atoms with Crippen LogP contribution in [-0.2, 0) is 0 Å². The van der Waals surface area contributed by atoms with Gasteiger partial charge in [0.1, 0.15) is 7.02 Å². The normalized spacial score (nSPS) is 14.6. The first-order chi connectivity index (χ1) is 6.09. The average molecular weight is 138 g/mol. The molecule has 0 aromatic carbocycles. The van der Waals surface area contributed by atoms with Gasteiger partial charge in [-0.15, -0.1) is 0 Å². The minimum Gasteiger partial charge on any atom is -0.348 e. The third-order valence-corrected chi connectivity index (χ3v) is 1.18. The molecule has 2 aromatic heterocycles. The van der Waals surface area contributed by atoms with Gasteiger partial charge in [0.05, 0.1) is 14.4 Å². The topological polar surface area (TPSA) is 61.5 Å². The van der Waals surface area contributed by atoms with Crippen molar-refractivity contribution in [3.8, 4) is 0 Å². The fourth-order valence-electron chi connectivity index (χ4n) is 0.726. The second-order valence-electron chi connectivity index (χ2n) is 1.78. The summed E-state index contributed by atoms with van der Waals surface area (Å²) < 4.78 is 21.7. The van der Waals surface area contributed by atoms with E-state index >= 15 is 0 Å². The maximum Gasteiger partial charge on any atom is 0.282 e. The zero-order chi connectivity index (χ0) is 9.59. The molecule has 0 aliphatic heterocycles. The largest absolute Gasteiger partial charge is 0.348 e. The zero-order valence-electron chi connectivity index (χ0n) is 7.86. The van der Waals surface area contributed by atoms with Gasteiger partial charge in [0.25, 0.3) is 5.56 Å². The van der Waals surface area contributed by atoms with Crippen LogP contribution in [0.4, 0.5) is 0 Å². The first kappa shape index (κ1) is 3.01. The van der Waals surface area contributed by atoms with Crippen LogP contribution >= 0.6 is 0 Å². The number of nitrogens with one attached hydrogen (secondary N) is 2. The van der Waals surface area contributed by atoms with E-state index in [0.29, 0.717) is 0 Å². The van der Waals surface area contributed by atoms with Gasteiger partial charge < -0.3 is 9.97 Å². The van der Waals surface area contributed by atoms with E-state index < -0.39 is 5.56 Å². The van der Waals surface area contributed by atoms with E-state index in [0.717, 1.165) is 0 Å². The van der Waals surface area contributed by atoms with Gasteiger partial charge >= 0.3 is 0 Å². The Balaban J connectivity index is 3.03.